The third-order valence-corrected chi connectivity index (χ3v) is 5.97. The van der Waals surface area contributed by atoms with Crippen LogP contribution in [0, 0.1) is 11.8 Å². The molecular formula is C26H32N2O6. The minimum Gasteiger partial charge on any atom is -0.480 e. The zero-order valence-electron chi connectivity index (χ0n) is 19.5. The third-order valence-electron chi connectivity index (χ3n) is 5.97. The molecule has 0 bridgehead atoms. The molecule has 0 spiro atoms. The number of alkyl carbamates (subject to hydrolysis) is 1. The molecule has 0 saturated heterocycles. The molecule has 182 valence electrons. The standard InChI is InChI=1S/C26H32N2O6/c1-16(2)11-17(12-24(30)28-23(14-29)25(31)32)13-27-26(33)34-15-22-20-9-5-3-7-18(20)19-8-4-6-10-21(19)22/h3-10,16-17,22-23,29H,11-15H2,1-2H3,(H,27,33)(H,28,30)(H,31,32)/t17?,23-/m1/s1. The van der Waals surface area contributed by atoms with Gasteiger partial charge in [-0.2, -0.15) is 0 Å². The van der Waals surface area contributed by atoms with Crippen LogP contribution in [0.2, 0.25) is 0 Å². The zero-order valence-corrected chi connectivity index (χ0v) is 19.5. The van der Waals surface area contributed by atoms with Crippen molar-refractivity contribution in [3.8, 4) is 11.1 Å². The largest absolute Gasteiger partial charge is 0.480 e. The second kappa shape index (κ2) is 11.7. The maximum Gasteiger partial charge on any atom is 0.407 e. The molecule has 34 heavy (non-hydrogen) atoms. The fraction of sp³-hybridized carbons (Fsp3) is 0.423. The Morgan fingerprint density at radius 3 is 2.12 bits per heavy atom. The summed E-state index contributed by atoms with van der Waals surface area (Å²) in [4.78, 5) is 35.8. The van der Waals surface area contributed by atoms with E-state index in [9.17, 15) is 14.4 Å². The second-order valence-corrected chi connectivity index (χ2v) is 9.05. The fourth-order valence-corrected chi connectivity index (χ4v) is 4.48. The highest BCUT2D eigenvalue weighted by molar-refractivity contribution is 5.83. The number of amides is 2. The lowest BCUT2D eigenvalue weighted by molar-refractivity contribution is -0.143. The Labute approximate surface area is 199 Å². The highest BCUT2D eigenvalue weighted by Gasteiger charge is 2.29. The van der Waals surface area contributed by atoms with E-state index in [0.717, 1.165) is 22.3 Å². The summed E-state index contributed by atoms with van der Waals surface area (Å²) in [6, 6.07) is 14.8. The molecule has 3 rings (SSSR count). The molecule has 2 amide bonds. The number of aliphatic hydroxyl groups excluding tert-OH is 1. The maximum atomic E-state index is 12.5. The number of carboxylic acids is 1. The van der Waals surface area contributed by atoms with Crippen molar-refractivity contribution in [3.05, 3.63) is 59.7 Å². The number of carbonyl (C=O) groups excluding carboxylic acids is 2. The number of fused-ring (bicyclic) bond motifs is 3. The number of hydrogen-bond acceptors (Lipinski definition) is 5. The first-order valence-corrected chi connectivity index (χ1v) is 11.5. The summed E-state index contributed by atoms with van der Waals surface area (Å²) in [6.45, 7) is 3.75. The van der Waals surface area contributed by atoms with Gasteiger partial charge in [0.15, 0.2) is 0 Å². The maximum absolute atomic E-state index is 12.5. The van der Waals surface area contributed by atoms with Crippen molar-refractivity contribution in [1.29, 1.82) is 0 Å². The highest BCUT2D eigenvalue weighted by Crippen LogP contribution is 2.44. The van der Waals surface area contributed by atoms with E-state index >= 15 is 0 Å². The van der Waals surface area contributed by atoms with Gasteiger partial charge < -0.3 is 25.6 Å². The Morgan fingerprint density at radius 2 is 1.59 bits per heavy atom. The lowest BCUT2D eigenvalue weighted by atomic mass is 9.93. The normalized spacial score (nSPS) is 14.1. The smallest absolute Gasteiger partial charge is 0.407 e. The lowest BCUT2D eigenvalue weighted by Gasteiger charge is -2.21. The topological polar surface area (TPSA) is 125 Å². The van der Waals surface area contributed by atoms with Gasteiger partial charge in [0, 0.05) is 18.9 Å². The van der Waals surface area contributed by atoms with Crippen LogP contribution in [0.4, 0.5) is 4.79 Å². The van der Waals surface area contributed by atoms with Gasteiger partial charge >= 0.3 is 12.1 Å². The van der Waals surface area contributed by atoms with E-state index < -0.39 is 30.6 Å². The molecule has 1 aliphatic carbocycles. The van der Waals surface area contributed by atoms with Gasteiger partial charge in [-0.1, -0.05) is 62.4 Å². The number of ether oxygens (including phenoxy) is 1. The van der Waals surface area contributed by atoms with Crippen LogP contribution in [0.25, 0.3) is 11.1 Å². The Kier molecular flexibility index (Phi) is 8.65. The molecule has 4 N–H and O–H groups in total. The van der Waals surface area contributed by atoms with Crippen molar-refractivity contribution in [2.45, 2.75) is 38.6 Å². The average Bonchev–Trinajstić information content (AvgIpc) is 3.13. The highest BCUT2D eigenvalue weighted by atomic mass is 16.5. The number of carbonyl (C=O) groups is 3. The van der Waals surface area contributed by atoms with E-state index in [4.69, 9.17) is 14.9 Å². The summed E-state index contributed by atoms with van der Waals surface area (Å²) in [7, 11) is 0. The first-order valence-electron chi connectivity index (χ1n) is 11.5. The molecule has 2 aromatic rings. The minimum atomic E-state index is -1.35. The van der Waals surface area contributed by atoms with Crippen LogP contribution < -0.4 is 10.6 Å². The van der Waals surface area contributed by atoms with Gasteiger partial charge in [-0.3, -0.25) is 4.79 Å². The fourth-order valence-electron chi connectivity index (χ4n) is 4.48. The van der Waals surface area contributed by atoms with Crippen LogP contribution in [-0.2, 0) is 14.3 Å². The van der Waals surface area contributed by atoms with E-state index in [2.05, 4.69) is 34.9 Å². The Morgan fingerprint density at radius 1 is 1.00 bits per heavy atom. The molecule has 0 saturated carbocycles. The number of nitrogens with one attached hydrogen (secondary N) is 2. The van der Waals surface area contributed by atoms with Gasteiger partial charge in [-0.05, 0) is 40.5 Å². The zero-order chi connectivity index (χ0) is 24.7. The van der Waals surface area contributed by atoms with E-state index in [1.165, 1.54) is 0 Å². The van der Waals surface area contributed by atoms with Crippen LogP contribution in [0.1, 0.15) is 43.7 Å². The first-order chi connectivity index (χ1) is 16.3. The van der Waals surface area contributed by atoms with Crippen molar-refractivity contribution in [1.82, 2.24) is 10.6 Å². The van der Waals surface area contributed by atoms with E-state index in [1.54, 1.807) is 0 Å². The van der Waals surface area contributed by atoms with Crippen molar-refractivity contribution in [2.24, 2.45) is 11.8 Å². The van der Waals surface area contributed by atoms with E-state index in [1.807, 2.05) is 38.1 Å². The van der Waals surface area contributed by atoms with Gasteiger partial charge in [-0.15, -0.1) is 0 Å². The van der Waals surface area contributed by atoms with E-state index in [-0.39, 0.29) is 37.3 Å². The van der Waals surface area contributed by atoms with Crippen molar-refractivity contribution in [2.75, 3.05) is 19.8 Å². The number of aliphatic carboxylic acids is 1. The van der Waals surface area contributed by atoms with E-state index in [0.29, 0.717) is 6.42 Å². The number of aliphatic hydroxyl groups is 1. The monoisotopic (exact) mass is 468 g/mol. The summed E-state index contributed by atoms with van der Waals surface area (Å²) in [5.41, 5.74) is 4.56. The summed E-state index contributed by atoms with van der Waals surface area (Å²) in [5.74, 6) is -1.75. The van der Waals surface area contributed by atoms with Crippen LogP contribution >= 0.6 is 0 Å². The van der Waals surface area contributed by atoms with Crippen molar-refractivity contribution >= 4 is 18.0 Å². The summed E-state index contributed by atoms with van der Waals surface area (Å²) in [5, 5.41) is 23.2. The molecule has 2 aromatic carbocycles. The Balaban J connectivity index is 1.55. The van der Waals surface area contributed by atoms with Crippen molar-refractivity contribution < 1.29 is 29.3 Å². The molecule has 0 aliphatic heterocycles. The van der Waals surface area contributed by atoms with Gasteiger partial charge in [0.2, 0.25) is 5.91 Å². The summed E-state index contributed by atoms with van der Waals surface area (Å²) < 4.78 is 5.55. The predicted octanol–water partition coefficient (Wildman–Crippen LogP) is 3.14. The van der Waals surface area contributed by atoms with Crippen LogP contribution in [0.5, 0.6) is 0 Å². The molecule has 0 fully saturated rings. The second-order valence-electron chi connectivity index (χ2n) is 9.05. The van der Waals surface area contributed by atoms with Gasteiger partial charge in [0.25, 0.3) is 0 Å². The number of carboxylic acid groups (broad SMARTS) is 1. The molecular weight excluding hydrogens is 436 g/mol. The molecule has 0 heterocycles. The molecule has 8 heteroatoms. The molecule has 8 nitrogen and oxygen atoms in total. The van der Waals surface area contributed by atoms with Gasteiger partial charge in [0.1, 0.15) is 12.6 Å². The molecule has 1 aliphatic rings. The van der Waals surface area contributed by atoms with Gasteiger partial charge in [0.05, 0.1) is 6.61 Å². The number of rotatable bonds is 11. The Bertz CT molecular complexity index is 976. The summed E-state index contributed by atoms with van der Waals surface area (Å²) in [6.07, 6.45) is 0.134. The van der Waals surface area contributed by atoms with Crippen molar-refractivity contribution in [3.63, 3.8) is 0 Å². The molecule has 1 unspecified atom stereocenters. The molecule has 2 atom stereocenters. The lowest BCUT2D eigenvalue weighted by Crippen LogP contribution is -2.44. The number of hydrogen-bond donors (Lipinski definition) is 4. The average molecular weight is 469 g/mol. The Hall–Kier alpha value is -3.39. The third kappa shape index (κ3) is 6.35. The first kappa shape index (κ1) is 25.2. The quantitative estimate of drug-likeness (QED) is 0.402. The van der Waals surface area contributed by atoms with Crippen LogP contribution in [-0.4, -0.2) is 54.0 Å². The number of benzene rings is 2. The minimum absolute atomic E-state index is 0.0333. The molecule has 0 radical (unpaired) electrons. The van der Waals surface area contributed by atoms with Crippen LogP contribution in [0.15, 0.2) is 48.5 Å². The van der Waals surface area contributed by atoms with Gasteiger partial charge in [-0.25, -0.2) is 9.59 Å². The molecule has 0 aromatic heterocycles. The SMILES string of the molecule is CC(C)CC(CNC(=O)OCC1c2ccccc2-c2ccccc21)CC(=O)N[C@H](CO)C(=O)O. The van der Waals surface area contributed by atoms with Crippen LogP contribution in [0.3, 0.4) is 0 Å². The summed E-state index contributed by atoms with van der Waals surface area (Å²) >= 11 is 0. The predicted molar refractivity (Wildman–Crippen MR) is 127 cm³/mol.